The van der Waals surface area contributed by atoms with E-state index in [0.717, 1.165) is 5.69 Å². The molecule has 19 heavy (non-hydrogen) atoms. The predicted molar refractivity (Wildman–Crippen MR) is 75.8 cm³/mol. The number of nitrogens with one attached hydrogen (secondary N) is 2. The van der Waals surface area contributed by atoms with E-state index >= 15 is 0 Å². The van der Waals surface area contributed by atoms with Gasteiger partial charge in [-0.3, -0.25) is 14.9 Å². The molecule has 0 aliphatic heterocycles. The summed E-state index contributed by atoms with van der Waals surface area (Å²) in [5.74, 6) is -0.219. The molecule has 2 amide bonds. The Balaban J connectivity index is 2.51. The molecule has 1 aromatic rings. The molecule has 5 nitrogen and oxygen atoms in total. The Labute approximate surface area is 114 Å². The molecule has 2 unspecified atom stereocenters. The monoisotopic (exact) mass is 263 g/mol. The summed E-state index contributed by atoms with van der Waals surface area (Å²) in [6.45, 7) is 3.48. The molecule has 0 aromatic heterocycles. The van der Waals surface area contributed by atoms with Crippen LogP contribution in [0.15, 0.2) is 30.3 Å². The number of rotatable bonds is 5. The minimum absolute atomic E-state index is 0.0561. The molecule has 1 rings (SSSR count). The van der Waals surface area contributed by atoms with Crippen molar-refractivity contribution in [2.24, 2.45) is 0 Å². The molecule has 1 aromatic carbocycles. The number of amides is 2. The van der Waals surface area contributed by atoms with E-state index in [1.807, 2.05) is 30.3 Å². The minimum Gasteiger partial charge on any atom is -0.347 e. The fourth-order valence-corrected chi connectivity index (χ4v) is 1.68. The van der Waals surface area contributed by atoms with Gasteiger partial charge >= 0.3 is 0 Å². The molecular formula is C14H21N3O2. The van der Waals surface area contributed by atoms with Crippen molar-refractivity contribution in [2.75, 3.05) is 19.4 Å². The first-order chi connectivity index (χ1) is 8.91. The van der Waals surface area contributed by atoms with E-state index in [-0.39, 0.29) is 11.8 Å². The molecule has 0 heterocycles. The Morgan fingerprint density at radius 2 is 1.63 bits per heavy atom. The van der Waals surface area contributed by atoms with Crippen molar-refractivity contribution in [1.29, 1.82) is 0 Å². The molecule has 104 valence electrons. The van der Waals surface area contributed by atoms with Crippen molar-refractivity contribution < 1.29 is 9.59 Å². The number of likely N-dealkylation sites (N-methyl/N-ethyl adjacent to an activating group) is 1. The van der Waals surface area contributed by atoms with Crippen LogP contribution in [0, 0.1) is 0 Å². The number of carbonyl (C=O) groups excluding carboxylic acids is 2. The van der Waals surface area contributed by atoms with Crippen molar-refractivity contribution in [1.82, 2.24) is 10.2 Å². The minimum atomic E-state index is -0.445. The Bertz CT molecular complexity index is 432. The van der Waals surface area contributed by atoms with E-state index in [9.17, 15) is 9.59 Å². The molecule has 0 aliphatic rings. The third-order valence-electron chi connectivity index (χ3n) is 2.75. The number of nitrogens with zero attached hydrogens (tertiary/aromatic N) is 1. The number of para-hydroxylation sites is 1. The molecule has 0 aliphatic carbocycles. The van der Waals surface area contributed by atoms with Gasteiger partial charge in [-0.05, 0) is 26.0 Å². The van der Waals surface area contributed by atoms with E-state index < -0.39 is 12.1 Å². The van der Waals surface area contributed by atoms with E-state index in [1.165, 1.54) is 4.90 Å². The van der Waals surface area contributed by atoms with Crippen LogP contribution in [0.4, 0.5) is 5.69 Å². The maximum Gasteiger partial charge on any atom is 0.241 e. The second kappa shape index (κ2) is 6.89. The van der Waals surface area contributed by atoms with Crippen LogP contribution in [0.2, 0.25) is 0 Å². The van der Waals surface area contributed by atoms with Crippen molar-refractivity contribution in [3.63, 3.8) is 0 Å². The van der Waals surface area contributed by atoms with Crippen LogP contribution in [0.25, 0.3) is 0 Å². The first-order valence-electron chi connectivity index (χ1n) is 6.25. The lowest BCUT2D eigenvalue weighted by atomic mass is 10.2. The van der Waals surface area contributed by atoms with Crippen molar-refractivity contribution in [2.45, 2.75) is 25.9 Å². The molecule has 2 atom stereocenters. The van der Waals surface area contributed by atoms with Crippen LogP contribution in [0.3, 0.4) is 0 Å². The summed E-state index contributed by atoms with van der Waals surface area (Å²) < 4.78 is 0. The molecular weight excluding hydrogens is 242 g/mol. The van der Waals surface area contributed by atoms with Gasteiger partial charge in [0.15, 0.2) is 0 Å². The highest BCUT2D eigenvalue weighted by molar-refractivity contribution is 5.95. The molecule has 0 spiro atoms. The largest absolute Gasteiger partial charge is 0.347 e. The molecule has 5 heteroatoms. The van der Waals surface area contributed by atoms with E-state index in [4.69, 9.17) is 0 Å². The summed E-state index contributed by atoms with van der Waals surface area (Å²) in [5, 5.41) is 5.77. The van der Waals surface area contributed by atoms with Crippen LogP contribution in [-0.4, -0.2) is 42.9 Å². The second-order valence-electron chi connectivity index (χ2n) is 4.70. The van der Waals surface area contributed by atoms with Gasteiger partial charge in [0.2, 0.25) is 11.8 Å². The van der Waals surface area contributed by atoms with Crippen molar-refractivity contribution >= 4 is 17.5 Å². The lowest BCUT2D eigenvalue weighted by Crippen LogP contribution is -2.49. The summed E-state index contributed by atoms with van der Waals surface area (Å²) in [7, 11) is 3.38. The fraction of sp³-hybridized carbons (Fsp3) is 0.429. The van der Waals surface area contributed by atoms with Crippen molar-refractivity contribution in [3.8, 4) is 0 Å². The van der Waals surface area contributed by atoms with Crippen LogP contribution in [-0.2, 0) is 9.59 Å². The summed E-state index contributed by atoms with van der Waals surface area (Å²) in [5.41, 5.74) is 0.743. The molecule has 0 saturated heterocycles. The third-order valence-corrected chi connectivity index (χ3v) is 2.75. The second-order valence-corrected chi connectivity index (χ2v) is 4.70. The summed E-state index contributed by atoms with van der Waals surface area (Å²) >= 11 is 0. The van der Waals surface area contributed by atoms with Gasteiger partial charge in [0, 0.05) is 19.8 Å². The topological polar surface area (TPSA) is 61.4 Å². The molecule has 0 saturated carbocycles. The lowest BCUT2D eigenvalue weighted by Gasteiger charge is -2.21. The fourth-order valence-electron chi connectivity index (χ4n) is 1.68. The maximum absolute atomic E-state index is 11.9. The quantitative estimate of drug-likeness (QED) is 0.835. The zero-order valence-corrected chi connectivity index (χ0v) is 11.8. The Morgan fingerprint density at radius 3 is 2.16 bits per heavy atom. The van der Waals surface area contributed by atoms with Gasteiger partial charge in [-0.1, -0.05) is 18.2 Å². The van der Waals surface area contributed by atoms with Gasteiger partial charge < -0.3 is 10.2 Å². The highest BCUT2D eigenvalue weighted by atomic mass is 16.2. The number of carbonyl (C=O) groups is 2. The summed E-state index contributed by atoms with van der Waals surface area (Å²) in [4.78, 5) is 25.1. The van der Waals surface area contributed by atoms with Gasteiger partial charge in [0.1, 0.15) is 0 Å². The van der Waals surface area contributed by atoms with Gasteiger partial charge in [0.05, 0.1) is 12.1 Å². The van der Waals surface area contributed by atoms with Gasteiger partial charge in [-0.15, -0.1) is 0 Å². The van der Waals surface area contributed by atoms with E-state index in [2.05, 4.69) is 10.6 Å². The van der Waals surface area contributed by atoms with Gasteiger partial charge in [-0.25, -0.2) is 0 Å². The first kappa shape index (κ1) is 15.2. The van der Waals surface area contributed by atoms with Gasteiger partial charge in [-0.2, -0.15) is 0 Å². The number of benzene rings is 1. The summed E-state index contributed by atoms with van der Waals surface area (Å²) in [6, 6.07) is 8.39. The van der Waals surface area contributed by atoms with Crippen LogP contribution in [0.1, 0.15) is 13.8 Å². The Kier molecular flexibility index (Phi) is 5.51. The van der Waals surface area contributed by atoms with E-state index in [0.29, 0.717) is 0 Å². The van der Waals surface area contributed by atoms with Crippen molar-refractivity contribution in [3.05, 3.63) is 30.3 Å². The maximum atomic E-state index is 11.9. The normalized spacial score (nSPS) is 13.5. The first-order valence-corrected chi connectivity index (χ1v) is 6.25. The third kappa shape index (κ3) is 4.71. The molecule has 2 N–H and O–H groups in total. The number of hydrogen-bond donors (Lipinski definition) is 2. The van der Waals surface area contributed by atoms with Crippen LogP contribution >= 0.6 is 0 Å². The highest BCUT2D eigenvalue weighted by Crippen LogP contribution is 2.05. The zero-order valence-electron chi connectivity index (χ0n) is 11.8. The van der Waals surface area contributed by atoms with Crippen LogP contribution in [0.5, 0.6) is 0 Å². The molecule has 0 fully saturated rings. The smallest absolute Gasteiger partial charge is 0.241 e. The lowest BCUT2D eigenvalue weighted by molar-refractivity contribution is -0.130. The molecule has 0 radical (unpaired) electrons. The average molecular weight is 263 g/mol. The Morgan fingerprint density at radius 1 is 1.05 bits per heavy atom. The zero-order chi connectivity index (χ0) is 14.4. The molecule has 0 bridgehead atoms. The summed E-state index contributed by atoms with van der Waals surface area (Å²) in [6.07, 6.45) is 0. The number of hydrogen-bond acceptors (Lipinski definition) is 3. The number of anilines is 1. The van der Waals surface area contributed by atoms with Crippen LogP contribution < -0.4 is 10.6 Å². The standard InChI is InChI=1S/C14H21N3O2/c1-10(15-11(2)14(19)17(3)4)13(18)16-12-8-6-5-7-9-12/h5-11,15H,1-4H3,(H,16,18). The van der Waals surface area contributed by atoms with Gasteiger partial charge in [0.25, 0.3) is 0 Å². The predicted octanol–water partition coefficient (Wildman–Crippen LogP) is 1.08. The SMILES string of the molecule is CC(NC(C)C(=O)N(C)C)C(=O)Nc1ccccc1. The average Bonchev–Trinajstić information content (AvgIpc) is 2.38. The van der Waals surface area contributed by atoms with E-state index in [1.54, 1.807) is 27.9 Å². The highest BCUT2D eigenvalue weighted by Gasteiger charge is 2.20. The Hall–Kier alpha value is -1.88.